The highest BCUT2D eigenvalue weighted by Gasteiger charge is 2.32. The van der Waals surface area contributed by atoms with E-state index in [0.29, 0.717) is 50.7 Å². The lowest BCUT2D eigenvalue weighted by molar-refractivity contribution is -0.136. The van der Waals surface area contributed by atoms with Crippen LogP contribution in [-0.4, -0.2) is 49.9 Å². The number of amides is 2. The summed E-state index contributed by atoms with van der Waals surface area (Å²) >= 11 is 6.91. The van der Waals surface area contributed by atoms with Crippen molar-refractivity contribution in [1.29, 1.82) is 0 Å². The monoisotopic (exact) mass is 748 g/mol. The number of carbonyl (C=O) groups is 2. The molecule has 2 amide bonds. The number of nitrogens with zero attached hydrogens (tertiary/aromatic N) is 1. The zero-order valence-electron chi connectivity index (χ0n) is 24.5. The summed E-state index contributed by atoms with van der Waals surface area (Å²) in [6.07, 6.45) is 0.242. The van der Waals surface area contributed by atoms with Crippen LogP contribution in [0.3, 0.4) is 0 Å². The maximum absolute atomic E-state index is 14.1. The van der Waals surface area contributed by atoms with Crippen molar-refractivity contribution in [3.8, 4) is 17.2 Å². The van der Waals surface area contributed by atoms with Crippen LogP contribution in [0.25, 0.3) is 0 Å². The first-order valence-corrected chi connectivity index (χ1v) is 15.3. The van der Waals surface area contributed by atoms with Gasteiger partial charge in [-0.05, 0) is 65.7 Å². The fourth-order valence-electron chi connectivity index (χ4n) is 4.41. The molecule has 4 N–H and O–H groups in total. The van der Waals surface area contributed by atoms with Gasteiger partial charge in [-0.1, -0.05) is 40.2 Å². The maximum Gasteiger partial charge on any atom is 0.337 e. The van der Waals surface area contributed by atoms with Crippen molar-refractivity contribution in [2.75, 3.05) is 20.3 Å². The second kappa shape index (κ2) is 15.7. The SMILES string of the molecule is CCOc1cc([C@@H]2NC(=O)NC(C)=C2C(=O)OC)ccc1OC[C@H](O)N/N=C/c1cc(Br)cc(Br)c1OCc1ccccc1F. The van der Waals surface area contributed by atoms with E-state index >= 15 is 0 Å². The standard InChI is InChI=1S/C31H31Br2FN4O7/c1-4-43-25-12-18(28-27(30(40)42-3)17(2)36-31(41)37-28)9-10-24(25)44-16-26(39)38-35-14-20-11-21(32)13-22(33)29(20)45-15-19-7-5-6-8-23(19)34/h5-14,26,28,38-39H,4,15-16H2,1-3H3,(H2,36,37,41)/b35-14+/t26-,28-/m0/s1. The van der Waals surface area contributed by atoms with E-state index in [2.05, 4.69) is 53.0 Å². The highest BCUT2D eigenvalue weighted by molar-refractivity contribution is 9.11. The van der Waals surface area contributed by atoms with Crippen LogP contribution < -0.4 is 30.3 Å². The van der Waals surface area contributed by atoms with Crippen molar-refractivity contribution < 1.29 is 38.0 Å². The Hall–Kier alpha value is -4.14. The van der Waals surface area contributed by atoms with Crippen molar-refractivity contribution in [2.24, 2.45) is 5.10 Å². The molecule has 0 fully saturated rings. The van der Waals surface area contributed by atoms with Crippen molar-refractivity contribution in [2.45, 2.75) is 32.7 Å². The zero-order chi connectivity index (χ0) is 32.5. The van der Waals surface area contributed by atoms with Crippen LogP contribution in [0.5, 0.6) is 17.2 Å². The summed E-state index contributed by atoms with van der Waals surface area (Å²) in [6.45, 7) is 3.53. The summed E-state index contributed by atoms with van der Waals surface area (Å²) in [6, 6.07) is 13.6. The lowest BCUT2D eigenvalue weighted by Gasteiger charge is -2.28. The summed E-state index contributed by atoms with van der Waals surface area (Å²) in [7, 11) is 1.26. The first kappa shape index (κ1) is 33.7. The van der Waals surface area contributed by atoms with Gasteiger partial charge in [0.2, 0.25) is 0 Å². The number of urea groups is 1. The van der Waals surface area contributed by atoms with Gasteiger partial charge in [-0.25, -0.2) is 14.0 Å². The highest BCUT2D eigenvalue weighted by atomic mass is 79.9. The van der Waals surface area contributed by atoms with Gasteiger partial charge in [-0.2, -0.15) is 5.10 Å². The van der Waals surface area contributed by atoms with Gasteiger partial charge in [-0.15, -0.1) is 0 Å². The molecule has 0 saturated carbocycles. The number of methoxy groups -OCH3 is 1. The van der Waals surface area contributed by atoms with E-state index in [1.54, 1.807) is 62.4 Å². The number of allylic oxidation sites excluding steroid dienone is 1. The first-order valence-electron chi connectivity index (χ1n) is 13.7. The topological polar surface area (TPSA) is 140 Å². The smallest absolute Gasteiger partial charge is 0.337 e. The quantitative estimate of drug-likeness (QED) is 0.0784. The summed E-state index contributed by atoms with van der Waals surface area (Å²) in [5.74, 6) is 0.145. The zero-order valence-corrected chi connectivity index (χ0v) is 27.7. The molecule has 0 unspecified atom stereocenters. The number of nitrogens with one attached hydrogen (secondary N) is 3. The van der Waals surface area contributed by atoms with Crippen LogP contribution in [0, 0.1) is 5.82 Å². The molecule has 1 aliphatic rings. The number of benzene rings is 3. The molecular weight excluding hydrogens is 719 g/mol. The van der Waals surface area contributed by atoms with Gasteiger partial charge < -0.3 is 34.7 Å². The van der Waals surface area contributed by atoms with Gasteiger partial charge in [0.15, 0.2) is 17.7 Å². The molecular formula is C31H31Br2FN4O7. The average Bonchev–Trinajstić information content (AvgIpc) is 3.00. The molecule has 11 nitrogen and oxygen atoms in total. The molecule has 2 atom stereocenters. The molecule has 4 rings (SSSR count). The third-order valence-electron chi connectivity index (χ3n) is 6.47. The number of hydrogen-bond donors (Lipinski definition) is 4. The van der Waals surface area contributed by atoms with E-state index in [-0.39, 0.29) is 24.6 Å². The number of aliphatic hydroxyl groups excluding tert-OH is 1. The van der Waals surface area contributed by atoms with Gasteiger partial charge in [0, 0.05) is 21.3 Å². The van der Waals surface area contributed by atoms with Gasteiger partial charge in [-0.3, -0.25) is 5.43 Å². The molecule has 238 valence electrons. The van der Waals surface area contributed by atoms with Crippen LogP contribution in [-0.2, 0) is 16.1 Å². The van der Waals surface area contributed by atoms with E-state index in [1.165, 1.54) is 19.4 Å². The normalized spacial score (nSPS) is 15.3. The Kier molecular flexibility index (Phi) is 11.8. The predicted octanol–water partition coefficient (Wildman–Crippen LogP) is 5.45. The second-order valence-electron chi connectivity index (χ2n) is 9.60. The minimum atomic E-state index is -1.21. The maximum atomic E-state index is 14.1. The lowest BCUT2D eigenvalue weighted by atomic mass is 9.95. The molecule has 0 aromatic heterocycles. The number of carbonyl (C=O) groups excluding carboxylic acids is 2. The number of ether oxygens (including phenoxy) is 4. The molecule has 1 aliphatic heterocycles. The summed E-state index contributed by atoms with van der Waals surface area (Å²) in [4.78, 5) is 24.6. The first-order chi connectivity index (χ1) is 21.6. The highest BCUT2D eigenvalue weighted by Crippen LogP contribution is 2.35. The molecule has 3 aromatic rings. The van der Waals surface area contributed by atoms with E-state index < -0.39 is 24.3 Å². The van der Waals surface area contributed by atoms with E-state index in [1.807, 2.05) is 0 Å². The molecule has 0 radical (unpaired) electrons. The Balaban J connectivity index is 1.43. The average molecular weight is 750 g/mol. The summed E-state index contributed by atoms with van der Waals surface area (Å²) in [5.41, 5.74) is 4.76. The molecule has 1 heterocycles. The Bertz CT molecular complexity index is 1620. The lowest BCUT2D eigenvalue weighted by Crippen LogP contribution is -2.45. The Morgan fingerprint density at radius 3 is 2.64 bits per heavy atom. The molecule has 0 spiro atoms. The number of hydrogen-bond acceptors (Lipinski definition) is 9. The third-order valence-corrected chi connectivity index (χ3v) is 7.51. The largest absolute Gasteiger partial charge is 0.490 e. The molecule has 0 saturated heterocycles. The van der Waals surface area contributed by atoms with Crippen molar-refractivity contribution in [3.05, 3.63) is 97.3 Å². The van der Waals surface area contributed by atoms with Crippen molar-refractivity contribution in [3.63, 3.8) is 0 Å². The minimum absolute atomic E-state index is 0.00248. The van der Waals surface area contributed by atoms with Crippen LogP contribution in [0.2, 0.25) is 0 Å². The number of rotatable bonds is 13. The van der Waals surface area contributed by atoms with Crippen LogP contribution in [0.4, 0.5) is 9.18 Å². The van der Waals surface area contributed by atoms with Gasteiger partial charge >= 0.3 is 12.0 Å². The van der Waals surface area contributed by atoms with Crippen LogP contribution >= 0.6 is 31.9 Å². The molecule has 0 bridgehead atoms. The van der Waals surface area contributed by atoms with E-state index in [9.17, 15) is 19.1 Å². The van der Waals surface area contributed by atoms with Crippen LogP contribution in [0.1, 0.15) is 36.6 Å². The minimum Gasteiger partial charge on any atom is -0.490 e. The van der Waals surface area contributed by atoms with Gasteiger partial charge in [0.1, 0.15) is 24.8 Å². The number of hydrazone groups is 1. The Labute approximate surface area is 276 Å². The van der Waals surface area contributed by atoms with Crippen molar-refractivity contribution >= 4 is 50.1 Å². The molecule has 14 heteroatoms. The summed E-state index contributed by atoms with van der Waals surface area (Å²) in [5, 5.41) is 20.0. The van der Waals surface area contributed by atoms with Crippen molar-refractivity contribution in [1.82, 2.24) is 16.1 Å². The predicted molar refractivity (Wildman–Crippen MR) is 172 cm³/mol. The molecule has 0 aliphatic carbocycles. The third kappa shape index (κ3) is 8.74. The second-order valence-corrected chi connectivity index (χ2v) is 11.4. The van der Waals surface area contributed by atoms with Gasteiger partial charge in [0.25, 0.3) is 0 Å². The van der Waals surface area contributed by atoms with Gasteiger partial charge in [0.05, 0.1) is 36.0 Å². The number of halogens is 3. The fourth-order valence-corrected chi connectivity index (χ4v) is 5.78. The number of aliphatic hydroxyl groups is 1. The molecule has 3 aromatic carbocycles. The fraction of sp³-hybridized carbons (Fsp3) is 0.258. The summed E-state index contributed by atoms with van der Waals surface area (Å²) < 4.78 is 37.8. The van der Waals surface area contributed by atoms with Crippen LogP contribution in [0.15, 0.2) is 79.9 Å². The van der Waals surface area contributed by atoms with E-state index in [4.69, 9.17) is 18.9 Å². The Morgan fingerprint density at radius 1 is 1.13 bits per heavy atom. The van der Waals surface area contributed by atoms with E-state index in [0.717, 1.165) is 4.47 Å². The number of esters is 1. The Morgan fingerprint density at radius 2 is 1.91 bits per heavy atom. The molecule has 45 heavy (non-hydrogen) atoms.